The summed E-state index contributed by atoms with van der Waals surface area (Å²) in [5, 5.41) is 18.1. The Balaban J connectivity index is 4.27. The highest BCUT2D eigenvalue weighted by atomic mass is 16.5. The number of aliphatic hydroxyl groups is 1. The number of carbonyl (C=O) groups is 2. The van der Waals surface area contributed by atoms with Gasteiger partial charge >= 0.3 is 11.9 Å². The lowest BCUT2D eigenvalue weighted by Crippen LogP contribution is -2.34. The molecule has 0 fully saturated rings. The van der Waals surface area contributed by atoms with Gasteiger partial charge in [-0.25, -0.2) is 0 Å². The van der Waals surface area contributed by atoms with Gasteiger partial charge in [0.05, 0.1) is 25.6 Å². The summed E-state index contributed by atoms with van der Waals surface area (Å²) in [5.74, 6) is -1.74. The van der Waals surface area contributed by atoms with Crippen LogP contribution >= 0.6 is 0 Å². The topological polar surface area (TPSA) is 83.8 Å². The number of hydrogen-bond donors (Lipinski definition) is 2. The first-order chi connectivity index (χ1) is 5.93. The molecule has 0 aliphatic rings. The van der Waals surface area contributed by atoms with Crippen molar-refractivity contribution in [2.75, 3.05) is 7.11 Å². The number of ether oxygens (including phenoxy) is 1. The maximum atomic E-state index is 10.8. The zero-order chi connectivity index (χ0) is 10.5. The van der Waals surface area contributed by atoms with Gasteiger partial charge in [-0.3, -0.25) is 9.59 Å². The van der Waals surface area contributed by atoms with Crippen LogP contribution < -0.4 is 0 Å². The van der Waals surface area contributed by atoms with E-state index < -0.39 is 24.0 Å². The summed E-state index contributed by atoms with van der Waals surface area (Å²) in [5.41, 5.74) is -1.49. The Bertz CT molecular complexity index is 201. The van der Waals surface area contributed by atoms with Crippen LogP contribution in [-0.2, 0) is 14.3 Å². The molecule has 5 heteroatoms. The molecule has 0 bridgehead atoms. The monoisotopic (exact) mass is 190 g/mol. The Labute approximate surface area is 76.3 Å². The molecule has 13 heavy (non-hydrogen) atoms. The van der Waals surface area contributed by atoms with Crippen molar-refractivity contribution in [3.05, 3.63) is 0 Å². The van der Waals surface area contributed by atoms with Crippen LogP contribution in [0.2, 0.25) is 0 Å². The van der Waals surface area contributed by atoms with Gasteiger partial charge in [0, 0.05) is 0 Å². The fourth-order valence-electron chi connectivity index (χ4n) is 0.935. The first kappa shape index (κ1) is 11.9. The average molecular weight is 190 g/mol. The third-order valence-corrected chi connectivity index (χ3v) is 1.84. The first-order valence-electron chi connectivity index (χ1n) is 3.94. The van der Waals surface area contributed by atoms with E-state index >= 15 is 0 Å². The lowest BCUT2D eigenvalue weighted by atomic mass is 9.93. The van der Waals surface area contributed by atoms with Crippen LogP contribution in [0.15, 0.2) is 0 Å². The number of carbonyl (C=O) groups excluding carboxylic acids is 1. The second kappa shape index (κ2) is 4.81. The summed E-state index contributed by atoms with van der Waals surface area (Å²) in [4.78, 5) is 21.1. The van der Waals surface area contributed by atoms with Gasteiger partial charge in [0.1, 0.15) is 0 Å². The van der Waals surface area contributed by atoms with Crippen LogP contribution in [-0.4, -0.2) is 34.9 Å². The van der Waals surface area contributed by atoms with E-state index in [0.29, 0.717) is 0 Å². The number of esters is 1. The standard InChI is InChI=1S/C8H14O5/c1-3-8(12,4-6(9)10)5-7(11)13-2/h12H,3-5H2,1-2H3,(H,9,10). The van der Waals surface area contributed by atoms with E-state index in [-0.39, 0.29) is 12.8 Å². The van der Waals surface area contributed by atoms with Crippen molar-refractivity contribution in [2.24, 2.45) is 0 Å². The average Bonchev–Trinajstić information content (AvgIpc) is 2.02. The number of hydrogen-bond acceptors (Lipinski definition) is 4. The zero-order valence-corrected chi connectivity index (χ0v) is 7.74. The predicted octanol–water partition coefficient (Wildman–Crippen LogP) is 0.165. The molecule has 1 atom stereocenters. The van der Waals surface area contributed by atoms with Crippen LogP contribution in [0.3, 0.4) is 0 Å². The van der Waals surface area contributed by atoms with E-state index in [1.165, 1.54) is 7.11 Å². The van der Waals surface area contributed by atoms with E-state index in [0.717, 1.165) is 0 Å². The molecule has 0 aliphatic heterocycles. The van der Waals surface area contributed by atoms with E-state index in [1.54, 1.807) is 6.92 Å². The summed E-state index contributed by atoms with van der Waals surface area (Å²) >= 11 is 0. The molecule has 0 amide bonds. The number of aliphatic carboxylic acids is 1. The minimum atomic E-state index is -1.49. The zero-order valence-electron chi connectivity index (χ0n) is 7.74. The Morgan fingerprint density at radius 2 is 1.92 bits per heavy atom. The summed E-state index contributed by atoms with van der Waals surface area (Å²) in [7, 11) is 1.19. The highest BCUT2D eigenvalue weighted by molar-refractivity contribution is 5.73. The van der Waals surface area contributed by atoms with E-state index in [1.807, 2.05) is 0 Å². The molecule has 0 rings (SSSR count). The highest BCUT2D eigenvalue weighted by Crippen LogP contribution is 2.20. The maximum Gasteiger partial charge on any atom is 0.308 e. The Morgan fingerprint density at radius 1 is 1.38 bits per heavy atom. The second-order valence-corrected chi connectivity index (χ2v) is 2.90. The molecule has 0 aromatic carbocycles. The van der Waals surface area contributed by atoms with Gasteiger partial charge < -0.3 is 14.9 Å². The second-order valence-electron chi connectivity index (χ2n) is 2.90. The number of carboxylic acids is 1. The van der Waals surface area contributed by atoms with Crippen molar-refractivity contribution in [3.8, 4) is 0 Å². The molecular weight excluding hydrogens is 176 g/mol. The van der Waals surface area contributed by atoms with E-state index in [4.69, 9.17) is 5.11 Å². The molecule has 1 unspecified atom stereocenters. The van der Waals surface area contributed by atoms with Crippen molar-refractivity contribution in [3.63, 3.8) is 0 Å². The van der Waals surface area contributed by atoms with Crippen molar-refractivity contribution in [1.82, 2.24) is 0 Å². The molecule has 0 aliphatic carbocycles. The quantitative estimate of drug-likeness (QED) is 0.603. The van der Waals surface area contributed by atoms with Crippen LogP contribution in [0.25, 0.3) is 0 Å². The van der Waals surface area contributed by atoms with Gasteiger partial charge in [0.25, 0.3) is 0 Å². The summed E-state index contributed by atoms with van der Waals surface area (Å²) in [6.07, 6.45) is -0.528. The van der Waals surface area contributed by atoms with Gasteiger partial charge in [0.2, 0.25) is 0 Å². The summed E-state index contributed by atoms with van der Waals surface area (Å²) < 4.78 is 4.34. The third-order valence-electron chi connectivity index (χ3n) is 1.84. The summed E-state index contributed by atoms with van der Waals surface area (Å²) in [6, 6.07) is 0. The lowest BCUT2D eigenvalue weighted by Gasteiger charge is -2.22. The van der Waals surface area contributed by atoms with Crippen molar-refractivity contribution < 1.29 is 24.5 Å². The first-order valence-corrected chi connectivity index (χ1v) is 3.94. The largest absolute Gasteiger partial charge is 0.481 e. The van der Waals surface area contributed by atoms with Crippen molar-refractivity contribution in [2.45, 2.75) is 31.8 Å². The Morgan fingerprint density at radius 3 is 2.23 bits per heavy atom. The van der Waals surface area contributed by atoms with Gasteiger partial charge in [-0.2, -0.15) is 0 Å². The normalized spacial score (nSPS) is 14.7. The van der Waals surface area contributed by atoms with E-state index in [2.05, 4.69) is 4.74 Å². The fourth-order valence-corrected chi connectivity index (χ4v) is 0.935. The third kappa shape index (κ3) is 4.47. The smallest absolute Gasteiger partial charge is 0.308 e. The number of carboxylic acid groups (broad SMARTS) is 1. The van der Waals surface area contributed by atoms with Crippen LogP contribution in [0.5, 0.6) is 0 Å². The molecule has 76 valence electrons. The molecular formula is C8H14O5. The molecule has 0 spiro atoms. The van der Waals surface area contributed by atoms with Crippen LogP contribution in [0, 0.1) is 0 Å². The highest BCUT2D eigenvalue weighted by Gasteiger charge is 2.31. The molecule has 0 heterocycles. The van der Waals surface area contributed by atoms with Crippen molar-refractivity contribution in [1.29, 1.82) is 0 Å². The van der Waals surface area contributed by atoms with Crippen molar-refractivity contribution >= 4 is 11.9 Å². The lowest BCUT2D eigenvalue weighted by molar-refractivity contribution is -0.150. The van der Waals surface area contributed by atoms with Gasteiger partial charge in [-0.1, -0.05) is 6.92 Å². The Kier molecular flexibility index (Phi) is 4.40. The molecule has 0 aromatic heterocycles. The molecule has 5 nitrogen and oxygen atoms in total. The molecule has 2 N–H and O–H groups in total. The SMILES string of the molecule is CCC(O)(CC(=O)O)CC(=O)OC. The maximum absolute atomic E-state index is 10.8. The minimum absolute atomic E-state index is 0.203. The number of rotatable bonds is 5. The minimum Gasteiger partial charge on any atom is -0.481 e. The molecule has 0 saturated heterocycles. The molecule has 0 aromatic rings. The molecule has 0 radical (unpaired) electrons. The van der Waals surface area contributed by atoms with Crippen LogP contribution in [0.1, 0.15) is 26.2 Å². The van der Waals surface area contributed by atoms with Gasteiger partial charge in [0.15, 0.2) is 0 Å². The predicted molar refractivity (Wildman–Crippen MR) is 44.1 cm³/mol. The Hall–Kier alpha value is -1.10. The van der Waals surface area contributed by atoms with Crippen LogP contribution in [0.4, 0.5) is 0 Å². The van der Waals surface area contributed by atoms with E-state index in [9.17, 15) is 14.7 Å². The number of methoxy groups -OCH3 is 1. The van der Waals surface area contributed by atoms with Gasteiger partial charge in [-0.05, 0) is 6.42 Å². The summed E-state index contributed by atoms with van der Waals surface area (Å²) in [6.45, 7) is 1.62. The van der Waals surface area contributed by atoms with Gasteiger partial charge in [-0.15, -0.1) is 0 Å². The molecule has 0 saturated carbocycles. The fraction of sp³-hybridized carbons (Fsp3) is 0.750.